The molecule has 1 N–H and O–H groups in total. The molecule has 1 amide bonds. The first kappa shape index (κ1) is 16.6. The summed E-state index contributed by atoms with van der Waals surface area (Å²) in [5.41, 5.74) is -0.401. The fourth-order valence-corrected chi connectivity index (χ4v) is 3.03. The average Bonchev–Trinajstić information content (AvgIpc) is 2.33. The molecule has 0 aromatic carbocycles. The Hall–Kier alpha value is -0.810. The number of nitrogens with one attached hydrogen (secondary N) is 1. The van der Waals surface area contributed by atoms with Crippen LogP contribution in [0.5, 0.6) is 0 Å². The van der Waals surface area contributed by atoms with Crippen molar-refractivity contribution in [3.05, 3.63) is 0 Å². The van der Waals surface area contributed by atoms with E-state index in [9.17, 15) is 4.79 Å². The highest BCUT2D eigenvalue weighted by Gasteiger charge is 2.35. The van der Waals surface area contributed by atoms with Gasteiger partial charge in [-0.15, -0.1) is 0 Å². The zero-order valence-electron chi connectivity index (χ0n) is 14.0. The Bertz CT molecular complexity index is 340. The third-order valence-electron chi connectivity index (χ3n) is 4.13. The summed E-state index contributed by atoms with van der Waals surface area (Å²) in [5, 5.41) is 3.69. The average molecular weight is 297 g/mol. The molecule has 122 valence electrons. The van der Waals surface area contributed by atoms with Crippen molar-refractivity contribution in [2.45, 2.75) is 64.6 Å². The van der Waals surface area contributed by atoms with Crippen LogP contribution in [-0.2, 0) is 4.74 Å². The monoisotopic (exact) mass is 297 g/mol. The van der Waals surface area contributed by atoms with E-state index in [1.807, 2.05) is 20.8 Å². The zero-order valence-corrected chi connectivity index (χ0v) is 14.0. The maximum atomic E-state index is 11.9. The van der Waals surface area contributed by atoms with Crippen LogP contribution < -0.4 is 5.32 Å². The van der Waals surface area contributed by atoms with E-state index < -0.39 is 5.60 Å². The lowest BCUT2D eigenvalue weighted by Crippen LogP contribution is -2.63. The second-order valence-electron chi connectivity index (χ2n) is 7.36. The van der Waals surface area contributed by atoms with Gasteiger partial charge in [0.15, 0.2) is 0 Å². The normalized spacial score (nSPS) is 22.2. The molecule has 2 heterocycles. The number of carbonyl (C=O) groups excluding carboxylic acids is 1. The molecule has 0 aliphatic carbocycles. The van der Waals surface area contributed by atoms with E-state index >= 15 is 0 Å². The first-order chi connectivity index (χ1) is 9.87. The van der Waals surface area contributed by atoms with E-state index in [0.29, 0.717) is 12.1 Å². The summed E-state index contributed by atoms with van der Waals surface area (Å²) in [5.74, 6) is 0. The predicted octanol–water partition coefficient (Wildman–Crippen LogP) is 2.07. The van der Waals surface area contributed by atoms with Gasteiger partial charge < -0.3 is 19.9 Å². The summed E-state index contributed by atoms with van der Waals surface area (Å²) in [6, 6.07) is 1.06. The van der Waals surface area contributed by atoms with Gasteiger partial charge >= 0.3 is 6.09 Å². The van der Waals surface area contributed by atoms with E-state index in [4.69, 9.17) is 4.74 Å². The Morgan fingerprint density at radius 3 is 2.33 bits per heavy atom. The quantitative estimate of drug-likeness (QED) is 0.863. The highest BCUT2D eigenvalue weighted by Crippen LogP contribution is 2.17. The standard InChI is InChI=1S/C16H31N3O2/c1-5-8-18-9-6-13(7-10-18)17-14-11-19(12-14)15(20)21-16(2,3)4/h13-14,17H,5-12H2,1-4H3. The molecule has 5 heteroatoms. The number of ether oxygens (including phenoxy) is 1. The minimum absolute atomic E-state index is 0.182. The molecule has 2 fully saturated rings. The van der Waals surface area contributed by atoms with E-state index in [1.165, 1.54) is 38.9 Å². The van der Waals surface area contributed by atoms with Crippen molar-refractivity contribution in [3.63, 3.8) is 0 Å². The van der Waals surface area contributed by atoms with Gasteiger partial charge in [-0.3, -0.25) is 0 Å². The minimum Gasteiger partial charge on any atom is -0.444 e. The Balaban J connectivity index is 1.62. The maximum absolute atomic E-state index is 11.9. The van der Waals surface area contributed by atoms with Gasteiger partial charge in [0.05, 0.1) is 0 Å². The van der Waals surface area contributed by atoms with Crippen molar-refractivity contribution in [1.82, 2.24) is 15.1 Å². The maximum Gasteiger partial charge on any atom is 0.410 e. The Labute approximate surface area is 129 Å². The molecule has 2 rings (SSSR count). The second kappa shape index (κ2) is 6.97. The van der Waals surface area contributed by atoms with Crippen LogP contribution in [0.3, 0.4) is 0 Å². The number of nitrogens with zero attached hydrogens (tertiary/aromatic N) is 2. The largest absolute Gasteiger partial charge is 0.444 e. The van der Waals surface area contributed by atoms with E-state index in [1.54, 1.807) is 4.90 Å². The number of carbonyl (C=O) groups is 1. The fourth-order valence-electron chi connectivity index (χ4n) is 3.03. The summed E-state index contributed by atoms with van der Waals surface area (Å²) in [6.07, 6.45) is 3.51. The molecule has 0 saturated carbocycles. The van der Waals surface area contributed by atoms with Crippen LogP contribution in [0.2, 0.25) is 0 Å². The Morgan fingerprint density at radius 1 is 1.19 bits per heavy atom. The molecule has 2 aliphatic rings. The fraction of sp³-hybridized carbons (Fsp3) is 0.938. The molecule has 2 aliphatic heterocycles. The molecule has 0 aromatic heterocycles. The molecule has 0 spiro atoms. The second-order valence-corrected chi connectivity index (χ2v) is 7.36. The summed E-state index contributed by atoms with van der Waals surface area (Å²) in [7, 11) is 0. The van der Waals surface area contributed by atoms with Gasteiger partial charge in [0.25, 0.3) is 0 Å². The van der Waals surface area contributed by atoms with Crippen molar-refractivity contribution in [1.29, 1.82) is 0 Å². The first-order valence-electron chi connectivity index (χ1n) is 8.33. The SMILES string of the molecule is CCCN1CCC(NC2CN(C(=O)OC(C)(C)C)C2)CC1. The zero-order chi connectivity index (χ0) is 15.5. The van der Waals surface area contributed by atoms with Crippen LogP contribution in [0.25, 0.3) is 0 Å². The number of piperidine rings is 1. The first-order valence-corrected chi connectivity index (χ1v) is 8.33. The van der Waals surface area contributed by atoms with E-state index in [2.05, 4.69) is 17.1 Å². The number of hydrogen-bond donors (Lipinski definition) is 1. The highest BCUT2D eigenvalue weighted by atomic mass is 16.6. The lowest BCUT2D eigenvalue weighted by atomic mass is 10.0. The van der Waals surface area contributed by atoms with Crippen LogP contribution in [-0.4, -0.2) is 66.3 Å². The smallest absolute Gasteiger partial charge is 0.410 e. The van der Waals surface area contributed by atoms with E-state index in [-0.39, 0.29) is 6.09 Å². The van der Waals surface area contributed by atoms with Gasteiger partial charge in [-0.25, -0.2) is 4.79 Å². The molecule has 0 aromatic rings. The number of rotatable bonds is 4. The van der Waals surface area contributed by atoms with Crippen LogP contribution in [0.15, 0.2) is 0 Å². The third-order valence-corrected chi connectivity index (χ3v) is 4.13. The summed E-state index contributed by atoms with van der Waals surface area (Å²) in [6.45, 7) is 13.2. The minimum atomic E-state index is -0.401. The van der Waals surface area contributed by atoms with Crippen LogP contribution in [0, 0.1) is 0 Å². The lowest BCUT2D eigenvalue weighted by Gasteiger charge is -2.43. The van der Waals surface area contributed by atoms with Gasteiger partial charge in [0.2, 0.25) is 0 Å². The number of likely N-dealkylation sites (tertiary alicyclic amines) is 2. The molecular weight excluding hydrogens is 266 g/mol. The molecule has 0 unspecified atom stereocenters. The van der Waals surface area contributed by atoms with Crippen molar-refractivity contribution < 1.29 is 9.53 Å². The molecule has 0 atom stereocenters. The molecule has 0 radical (unpaired) electrons. The highest BCUT2D eigenvalue weighted by molar-refractivity contribution is 5.69. The number of hydrogen-bond acceptors (Lipinski definition) is 4. The Morgan fingerprint density at radius 2 is 1.81 bits per heavy atom. The number of amides is 1. The van der Waals surface area contributed by atoms with Gasteiger partial charge in [-0.2, -0.15) is 0 Å². The molecule has 21 heavy (non-hydrogen) atoms. The van der Waals surface area contributed by atoms with Gasteiger partial charge in [-0.1, -0.05) is 6.92 Å². The van der Waals surface area contributed by atoms with Crippen molar-refractivity contribution in [2.24, 2.45) is 0 Å². The van der Waals surface area contributed by atoms with Crippen LogP contribution in [0.4, 0.5) is 4.79 Å². The van der Waals surface area contributed by atoms with Gasteiger partial charge in [-0.05, 0) is 59.7 Å². The molecule has 5 nitrogen and oxygen atoms in total. The van der Waals surface area contributed by atoms with Crippen molar-refractivity contribution in [2.75, 3.05) is 32.7 Å². The van der Waals surface area contributed by atoms with Crippen molar-refractivity contribution in [3.8, 4) is 0 Å². The Kier molecular flexibility index (Phi) is 5.49. The molecule has 2 saturated heterocycles. The molecular formula is C16H31N3O2. The predicted molar refractivity (Wildman–Crippen MR) is 84.5 cm³/mol. The van der Waals surface area contributed by atoms with Crippen LogP contribution >= 0.6 is 0 Å². The summed E-state index contributed by atoms with van der Waals surface area (Å²) >= 11 is 0. The lowest BCUT2D eigenvalue weighted by molar-refractivity contribution is 0.00316. The molecule has 0 bridgehead atoms. The topological polar surface area (TPSA) is 44.8 Å². The third kappa shape index (κ3) is 5.15. The van der Waals surface area contributed by atoms with Crippen LogP contribution in [0.1, 0.15) is 47.0 Å². The van der Waals surface area contributed by atoms with E-state index in [0.717, 1.165) is 13.1 Å². The summed E-state index contributed by atoms with van der Waals surface area (Å²) in [4.78, 5) is 16.2. The van der Waals surface area contributed by atoms with Gasteiger partial charge in [0, 0.05) is 25.2 Å². The van der Waals surface area contributed by atoms with Crippen molar-refractivity contribution >= 4 is 6.09 Å². The van der Waals surface area contributed by atoms with Gasteiger partial charge in [0.1, 0.15) is 5.60 Å². The summed E-state index contributed by atoms with van der Waals surface area (Å²) < 4.78 is 5.37.